The number of hydrogen-bond acceptors (Lipinski definition) is 4. The van der Waals surface area contributed by atoms with Gasteiger partial charge < -0.3 is 14.5 Å². The van der Waals surface area contributed by atoms with Gasteiger partial charge in [-0.2, -0.15) is 0 Å². The van der Waals surface area contributed by atoms with Gasteiger partial charge in [0.1, 0.15) is 0 Å². The van der Waals surface area contributed by atoms with Gasteiger partial charge in [-0.05, 0) is 61.4 Å². The Labute approximate surface area is 202 Å². The smallest absolute Gasteiger partial charge is 0.254 e. The molecule has 3 aliphatic heterocycles. The van der Waals surface area contributed by atoms with Crippen molar-refractivity contribution >= 4 is 22.6 Å². The Hall–Kier alpha value is -2.44. The van der Waals surface area contributed by atoms with Crippen molar-refractivity contribution in [3.63, 3.8) is 0 Å². The molecule has 182 valence electrons. The van der Waals surface area contributed by atoms with E-state index in [9.17, 15) is 9.59 Å². The third kappa shape index (κ3) is 5.28. The van der Waals surface area contributed by atoms with Gasteiger partial charge in [0.15, 0.2) is 0 Å². The average molecular weight is 464 g/mol. The Balaban J connectivity index is 1.14. The molecule has 3 fully saturated rings. The fourth-order valence-electron chi connectivity index (χ4n) is 5.84. The van der Waals surface area contributed by atoms with E-state index in [1.165, 1.54) is 6.42 Å². The molecule has 0 bridgehead atoms. The highest BCUT2D eigenvalue weighted by Gasteiger charge is 2.33. The van der Waals surface area contributed by atoms with Gasteiger partial charge in [-0.15, -0.1) is 0 Å². The SMILES string of the molecule is O=C(c1cccc2ccccc12)N1CCCC(C(=O)N2CCC(CCN3CCOCC3)CC2)C1. The van der Waals surface area contributed by atoms with Crippen LogP contribution in [0.5, 0.6) is 0 Å². The summed E-state index contributed by atoms with van der Waals surface area (Å²) in [5, 5.41) is 2.07. The number of fused-ring (bicyclic) bond motifs is 1. The van der Waals surface area contributed by atoms with E-state index >= 15 is 0 Å². The normalized spacial score (nSPS) is 22.8. The predicted molar refractivity (Wildman–Crippen MR) is 134 cm³/mol. The summed E-state index contributed by atoms with van der Waals surface area (Å²) in [6.07, 6.45) is 5.19. The lowest BCUT2D eigenvalue weighted by Crippen LogP contribution is -2.48. The Morgan fingerprint density at radius 1 is 0.853 bits per heavy atom. The maximum Gasteiger partial charge on any atom is 0.254 e. The van der Waals surface area contributed by atoms with Crippen LogP contribution in [-0.2, 0) is 9.53 Å². The van der Waals surface area contributed by atoms with Crippen molar-refractivity contribution in [2.75, 3.05) is 59.0 Å². The second-order valence-corrected chi connectivity index (χ2v) is 10.1. The van der Waals surface area contributed by atoms with Gasteiger partial charge >= 0.3 is 0 Å². The first-order valence-electron chi connectivity index (χ1n) is 13.0. The van der Waals surface area contributed by atoms with Crippen molar-refractivity contribution in [2.45, 2.75) is 32.1 Å². The molecule has 3 heterocycles. The summed E-state index contributed by atoms with van der Waals surface area (Å²) in [6.45, 7) is 7.95. The van der Waals surface area contributed by atoms with Crippen LogP contribution in [0.3, 0.4) is 0 Å². The van der Waals surface area contributed by atoms with Crippen molar-refractivity contribution in [3.8, 4) is 0 Å². The number of benzene rings is 2. The van der Waals surface area contributed by atoms with E-state index in [1.807, 2.05) is 47.4 Å². The minimum atomic E-state index is -0.0717. The first-order chi connectivity index (χ1) is 16.7. The number of hydrogen-bond donors (Lipinski definition) is 0. The van der Waals surface area contributed by atoms with Gasteiger partial charge in [0.2, 0.25) is 5.91 Å². The van der Waals surface area contributed by atoms with E-state index in [0.717, 1.165) is 94.5 Å². The van der Waals surface area contributed by atoms with Crippen molar-refractivity contribution in [3.05, 3.63) is 48.0 Å². The monoisotopic (exact) mass is 463 g/mol. The van der Waals surface area contributed by atoms with Crippen LogP contribution in [0, 0.1) is 11.8 Å². The van der Waals surface area contributed by atoms with Gasteiger partial charge in [0, 0.05) is 44.8 Å². The van der Waals surface area contributed by atoms with Gasteiger partial charge in [0.25, 0.3) is 5.91 Å². The molecule has 6 heteroatoms. The highest BCUT2D eigenvalue weighted by atomic mass is 16.5. The molecule has 0 aliphatic carbocycles. The number of rotatable bonds is 5. The average Bonchev–Trinajstić information content (AvgIpc) is 2.92. The molecular formula is C28H37N3O3. The summed E-state index contributed by atoms with van der Waals surface area (Å²) in [6, 6.07) is 13.9. The lowest BCUT2D eigenvalue weighted by atomic mass is 9.90. The lowest BCUT2D eigenvalue weighted by Gasteiger charge is -2.38. The summed E-state index contributed by atoms with van der Waals surface area (Å²) >= 11 is 0. The molecule has 0 saturated carbocycles. The van der Waals surface area contributed by atoms with Crippen LogP contribution in [-0.4, -0.2) is 85.5 Å². The minimum Gasteiger partial charge on any atom is -0.379 e. The van der Waals surface area contributed by atoms with E-state index in [-0.39, 0.29) is 17.7 Å². The number of likely N-dealkylation sites (tertiary alicyclic amines) is 2. The molecule has 0 aromatic heterocycles. The molecule has 0 radical (unpaired) electrons. The first-order valence-corrected chi connectivity index (χ1v) is 13.0. The second kappa shape index (κ2) is 10.9. The lowest BCUT2D eigenvalue weighted by molar-refractivity contribution is -0.138. The fraction of sp³-hybridized carbons (Fsp3) is 0.571. The molecule has 3 aliphatic rings. The molecule has 3 saturated heterocycles. The Morgan fingerprint density at radius 2 is 1.62 bits per heavy atom. The van der Waals surface area contributed by atoms with Crippen LogP contribution in [0.1, 0.15) is 42.5 Å². The summed E-state index contributed by atoms with van der Waals surface area (Å²) in [7, 11) is 0. The van der Waals surface area contributed by atoms with Gasteiger partial charge in [-0.3, -0.25) is 14.5 Å². The topological polar surface area (TPSA) is 53.1 Å². The van der Waals surface area contributed by atoms with Crippen LogP contribution in [0.15, 0.2) is 42.5 Å². The number of ether oxygens (including phenoxy) is 1. The molecule has 0 spiro atoms. The van der Waals surface area contributed by atoms with Gasteiger partial charge in [-0.1, -0.05) is 36.4 Å². The quantitative estimate of drug-likeness (QED) is 0.679. The predicted octanol–water partition coefficient (Wildman–Crippen LogP) is 3.65. The third-order valence-corrected chi connectivity index (χ3v) is 7.96. The van der Waals surface area contributed by atoms with Crippen LogP contribution < -0.4 is 0 Å². The molecule has 2 aromatic rings. The van der Waals surface area contributed by atoms with Crippen LogP contribution in [0.2, 0.25) is 0 Å². The number of nitrogens with zero attached hydrogens (tertiary/aromatic N) is 3. The van der Waals surface area contributed by atoms with E-state index < -0.39 is 0 Å². The number of amides is 2. The Bertz CT molecular complexity index is 990. The standard InChI is InChI=1S/C28H37N3O3/c32-27(30-15-11-22(12-16-30)10-14-29-17-19-34-20-18-29)24-7-4-13-31(21-24)28(33)26-9-3-6-23-5-1-2-8-25(23)26/h1-3,5-6,8-9,22,24H,4,7,10-21H2. The second-order valence-electron chi connectivity index (χ2n) is 10.1. The maximum atomic E-state index is 13.4. The van der Waals surface area contributed by atoms with Crippen molar-refractivity contribution < 1.29 is 14.3 Å². The minimum absolute atomic E-state index is 0.0520. The molecule has 6 nitrogen and oxygen atoms in total. The van der Waals surface area contributed by atoms with Crippen molar-refractivity contribution in [1.29, 1.82) is 0 Å². The highest BCUT2D eigenvalue weighted by molar-refractivity contribution is 6.07. The van der Waals surface area contributed by atoms with Gasteiger partial charge in [0.05, 0.1) is 19.1 Å². The summed E-state index contributed by atoms with van der Waals surface area (Å²) in [4.78, 5) is 33.2. The van der Waals surface area contributed by atoms with Crippen molar-refractivity contribution in [1.82, 2.24) is 14.7 Å². The summed E-state index contributed by atoms with van der Waals surface area (Å²) in [5.41, 5.74) is 0.743. The Kier molecular flexibility index (Phi) is 7.45. The Morgan fingerprint density at radius 3 is 2.44 bits per heavy atom. The molecule has 2 amide bonds. The summed E-state index contributed by atoms with van der Waals surface area (Å²) < 4.78 is 5.45. The largest absolute Gasteiger partial charge is 0.379 e. The molecule has 1 atom stereocenters. The highest BCUT2D eigenvalue weighted by Crippen LogP contribution is 2.27. The zero-order valence-corrected chi connectivity index (χ0v) is 20.2. The third-order valence-electron chi connectivity index (χ3n) is 7.96. The fourth-order valence-corrected chi connectivity index (χ4v) is 5.84. The van der Waals surface area contributed by atoms with E-state index in [2.05, 4.69) is 9.80 Å². The van der Waals surface area contributed by atoms with E-state index in [4.69, 9.17) is 4.74 Å². The van der Waals surface area contributed by atoms with Gasteiger partial charge in [-0.25, -0.2) is 0 Å². The number of carbonyl (C=O) groups is 2. The van der Waals surface area contributed by atoms with Crippen LogP contribution >= 0.6 is 0 Å². The number of piperidine rings is 2. The van der Waals surface area contributed by atoms with E-state index in [1.54, 1.807) is 0 Å². The molecule has 0 N–H and O–H groups in total. The van der Waals surface area contributed by atoms with E-state index in [0.29, 0.717) is 12.5 Å². The maximum absolute atomic E-state index is 13.4. The molecule has 5 rings (SSSR count). The summed E-state index contributed by atoms with van der Waals surface area (Å²) in [5.74, 6) is 0.943. The number of carbonyl (C=O) groups excluding carboxylic acids is 2. The molecular weight excluding hydrogens is 426 g/mol. The molecule has 2 aromatic carbocycles. The van der Waals surface area contributed by atoms with Crippen molar-refractivity contribution in [2.24, 2.45) is 11.8 Å². The molecule has 34 heavy (non-hydrogen) atoms. The first kappa shape index (κ1) is 23.3. The zero-order chi connectivity index (χ0) is 23.3. The van der Waals surface area contributed by atoms with Crippen LogP contribution in [0.4, 0.5) is 0 Å². The molecule has 1 unspecified atom stereocenters. The zero-order valence-electron chi connectivity index (χ0n) is 20.2. The van der Waals surface area contributed by atoms with Crippen LogP contribution in [0.25, 0.3) is 10.8 Å². The number of morpholine rings is 1.